The number of esters is 1. The van der Waals surface area contributed by atoms with Gasteiger partial charge in [-0.05, 0) is 87.8 Å². The molecular formula is C31H52O3. The number of carbonyl (C=O) groups is 1. The van der Waals surface area contributed by atoms with Crippen molar-refractivity contribution in [1.82, 2.24) is 0 Å². The van der Waals surface area contributed by atoms with E-state index in [2.05, 4.69) is 34.6 Å². The van der Waals surface area contributed by atoms with Crippen LogP contribution in [0.1, 0.15) is 132 Å². The predicted octanol–water partition coefficient (Wildman–Crippen LogP) is 9.06. The first-order valence-corrected chi connectivity index (χ1v) is 13.7. The molecule has 0 spiro atoms. The Hall–Kier alpha value is -1.51. The molecule has 1 aliphatic heterocycles. The van der Waals surface area contributed by atoms with Crippen LogP contribution in [0.25, 0.3) is 0 Å². The second-order valence-electron chi connectivity index (χ2n) is 11.8. The van der Waals surface area contributed by atoms with Gasteiger partial charge in [-0.15, -0.1) is 0 Å². The van der Waals surface area contributed by atoms with Crippen molar-refractivity contribution < 1.29 is 18.4 Å². The highest BCUT2D eigenvalue weighted by Crippen LogP contribution is 2.45. The Bertz CT molecular complexity index is 906. The zero-order valence-corrected chi connectivity index (χ0v) is 23.2. The lowest BCUT2D eigenvalue weighted by Crippen LogP contribution is -2.37. The average Bonchev–Trinajstić information content (AvgIpc) is 2.79. The third-order valence-corrected chi connectivity index (χ3v) is 8.03. The molecule has 0 radical (unpaired) electrons. The fourth-order valence-electron chi connectivity index (χ4n) is 5.51. The van der Waals surface area contributed by atoms with E-state index in [9.17, 15) is 4.79 Å². The number of benzene rings is 1. The quantitative estimate of drug-likeness (QED) is 0.211. The van der Waals surface area contributed by atoms with Gasteiger partial charge in [0.05, 0.1) is 0 Å². The number of fused-ring (bicyclic) bond motifs is 1. The van der Waals surface area contributed by atoms with Crippen molar-refractivity contribution in [3.05, 3.63) is 22.3 Å². The summed E-state index contributed by atoms with van der Waals surface area (Å²) >= 11 is 0. The smallest absolute Gasteiger partial charge is 0.308 e. The second-order valence-corrected chi connectivity index (χ2v) is 11.8. The first kappa shape index (κ1) is 24.2. The summed E-state index contributed by atoms with van der Waals surface area (Å²) in [5.74, 6) is 2.47. The fraction of sp³-hybridized carbons (Fsp3) is 0.774. The highest BCUT2D eigenvalue weighted by molar-refractivity contribution is 5.72. The van der Waals surface area contributed by atoms with Crippen LogP contribution < -0.4 is 9.47 Å². The molecule has 0 amide bonds. The molecule has 3 heteroatoms. The van der Waals surface area contributed by atoms with Crippen LogP contribution in [0.5, 0.6) is 11.5 Å². The molecule has 34 heavy (non-hydrogen) atoms. The number of hydrogen-bond donors (Lipinski definition) is 0. The Morgan fingerprint density at radius 1 is 0.941 bits per heavy atom. The lowest BCUT2D eigenvalue weighted by Gasteiger charge is -2.38. The maximum atomic E-state index is 12.0. The minimum atomic E-state index is -2.78. The van der Waals surface area contributed by atoms with Crippen molar-refractivity contribution in [2.24, 2.45) is 17.8 Å². The van der Waals surface area contributed by atoms with Crippen LogP contribution >= 0.6 is 0 Å². The second kappa shape index (κ2) is 13.0. The summed E-state index contributed by atoms with van der Waals surface area (Å²) in [7, 11) is 0. The molecule has 3 atom stereocenters. The van der Waals surface area contributed by atoms with E-state index in [1.807, 2.05) is 20.8 Å². The van der Waals surface area contributed by atoms with E-state index < -0.39 is 12.8 Å². The Morgan fingerprint density at radius 3 is 2.12 bits per heavy atom. The van der Waals surface area contributed by atoms with Crippen molar-refractivity contribution in [3.8, 4) is 11.5 Å². The van der Waals surface area contributed by atoms with Gasteiger partial charge in [0.25, 0.3) is 0 Å². The molecule has 0 saturated heterocycles. The Balaban J connectivity index is 1.89. The third kappa shape index (κ3) is 8.31. The first-order chi connectivity index (χ1) is 17.1. The van der Waals surface area contributed by atoms with Gasteiger partial charge in [-0.1, -0.05) is 72.6 Å². The molecular weight excluding hydrogens is 420 g/mol. The van der Waals surface area contributed by atoms with Crippen LogP contribution in [-0.2, 0) is 11.2 Å². The van der Waals surface area contributed by atoms with Crippen molar-refractivity contribution >= 4 is 5.97 Å². The molecule has 0 fully saturated rings. The maximum absolute atomic E-state index is 12.0. The van der Waals surface area contributed by atoms with Crippen molar-refractivity contribution in [2.75, 3.05) is 0 Å². The van der Waals surface area contributed by atoms with Gasteiger partial charge in [-0.3, -0.25) is 4.79 Å². The summed E-state index contributed by atoms with van der Waals surface area (Å²) in [4.78, 5) is 12.0. The van der Waals surface area contributed by atoms with Crippen LogP contribution in [0.15, 0.2) is 0 Å². The zero-order valence-electron chi connectivity index (χ0n) is 26.2. The lowest BCUT2D eigenvalue weighted by molar-refractivity contribution is -0.132. The molecule has 1 heterocycles. The monoisotopic (exact) mass is 475 g/mol. The molecule has 0 aromatic heterocycles. The minimum absolute atomic E-state index is 0.210. The number of rotatable bonds is 13. The Labute approximate surface area is 214 Å². The van der Waals surface area contributed by atoms with Crippen molar-refractivity contribution in [3.63, 3.8) is 0 Å². The summed E-state index contributed by atoms with van der Waals surface area (Å²) in [6, 6.07) is 0. The van der Waals surface area contributed by atoms with Crippen molar-refractivity contribution in [2.45, 2.75) is 138 Å². The number of carbonyl (C=O) groups excluding carboxylic acids is 1. The minimum Gasteiger partial charge on any atom is -0.487 e. The number of ether oxygens (including phenoxy) is 2. The molecule has 1 aromatic rings. The standard InChI is InChI=1S/C31H52O3/c1-21(2)13-10-14-22(3)15-11-16-23(4)17-12-19-31(9)20-18-28-26(7)29(33-27(8)32)24(5)25(6)30(28)34-31/h21-23H,10-20H2,1-9H3/t22-,23-,31-/m1/s1/i8D3. The average molecular weight is 476 g/mol. The molecule has 0 saturated carbocycles. The molecule has 1 aliphatic rings. The topological polar surface area (TPSA) is 35.5 Å². The van der Waals surface area contributed by atoms with Gasteiger partial charge >= 0.3 is 5.97 Å². The molecule has 0 bridgehead atoms. The SMILES string of the molecule is [2H]C([2H])([2H])C(=O)Oc1c(C)c(C)c2c(c1C)CC[C@@](C)(CCC[C@H](C)CCC[C@H](C)CCCC(C)C)O2. The van der Waals surface area contributed by atoms with E-state index in [1.54, 1.807) is 0 Å². The van der Waals surface area contributed by atoms with E-state index in [-0.39, 0.29) is 5.60 Å². The summed E-state index contributed by atoms with van der Waals surface area (Å²) in [5.41, 5.74) is 3.33. The summed E-state index contributed by atoms with van der Waals surface area (Å²) in [6.45, 7) is 14.6. The van der Waals surface area contributed by atoms with Crippen molar-refractivity contribution in [1.29, 1.82) is 0 Å². The van der Waals surface area contributed by atoms with Gasteiger partial charge < -0.3 is 9.47 Å². The van der Waals surface area contributed by atoms with Crippen LogP contribution in [-0.4, -0.2) is 11.6 Å². The summed E-state index contributed by atoms with van der Waals surface area (Å²) in [5, 5.41) is 0. The fourth-order valence-corrected chi connectivity index (χ4v) is 5.51. The Kier molecular flexibility index (Phi) is 9.24. The summed E-state index contributed by atoms with van der Waals surface area (Å²) < 4.78 is 34.0. The van der Waals surface area contributed by atoms with Gasteiger partial charge in [0.1, 0.15) is 17.1 Å². The number of hydrogen-bond acceptors (Lipinski definition) is 3. The van der Waals surface area contributed by atoms with Gasteiger partial charge in [0.2, 0.25) is 0 Å². The Morgan fingerprint density at radius 2 is 1.53 bits per heavy atom. The maximum Gasteiger partial charge on any atom is 0.308 e. The van der Waals surface area contributed by atoms with Crippen LogP contribution in [0.4, 0.5) is 0 Å². The van der Waals surface area contributed by atoms with Gasteiger partial charge in [0, 0.05) is 16.5 Å². The first-order valence-electron chi connectivity index (χ1n) is 15.2. The predicted molar refractivity (Wildman–Crippen MR) is 144 cm³/mol. The molecule has 194 valence electrons. The van der Waals surface area contributed by atoms with Gasteiger partial charge in [-0.2, -0.15) is 0 Å². The van der Waals surface area contributed by atoms with Crippen LogP contribution in [0.3, 0.4) is 0 Å². The van der Waals surface area contributed by atoms with Crippen LogP contribution in [0, 0.1) is 38.5 Å². The third-order valence-electron chi connectivity index (χ3n) is 8.03. The normalized spacial score (nSPS) is 21.1. The molecule has 0 N–H and O–H groups in total. The highest BCUT2D eigenvalue weighted by atomic mass is 16.5. The van der Waals surface area contributed by atoms with E-state index >= 15 is 0 Å². The zero-order chi connectivity index (χ0) is 28.0. The van der Waals surface area contributed by atoms with E-state index in [0.717, 1.165) is 71.4 Å². The largest absolute Gasteiger partial charge is 0.487 e. The van der Waals surface area contributed by atoms with Crippen LogP contribution in [0.2, 0.25) is 0 Å². The van der Waals surface area contributed by atoms with Gasteiger partial charge in [-0.25, -0.2) is 0 Å². The molecule has 1 aromatic carbocycles. The molecule has 0 unspecified atom stereocenters. The summed E-state index contributed by atoms with van der Waals surface area (Å²) in [6.07, 6.45) is 13.2. The van der Waals surface area contributed by atoms with E-state index in [4.69, 9.17) is 13.6 Å². The molecule has 0 aliphatic carbocycles. The molecule has 2 rings (SSSR count). The van der Waals surface area contributed by atoms with E-state index in [1.165, 1.54) is 44.9 Å². The van der Waals surface area contributed by atoms with E-state index in [0.29, 0.717) is 5.75 Å². The molecule has 3 nitrogen and oxygen atoms in total. The lowest BCUT2D eigenvalue weighted by atomic mass is 9.83. The van der Waals surface area contributed by atoms with Gasteiger partial charge in [0.15, 0.2) is 0 Å². The highest BCUT2D eigenvalue weighted by Gasteiger charge is 2.34.